The Balaban J connectivity index is 2.11. The highest BCUT2D eigenvalue weighted by molar-refractivity contribution is 4.99. The maximum atomic E-state index is 11.0. The monoisotopic (exact) mass is 210 g/mol. The third-order valence-corrected chi connectivity index (χ3v) is 2.52. The summed E-state index contributed by atoms with van der Waals surface area (Å²) in [5.74, 6) is 0. The minimum absolute atomic E-state index is 0.207. The Hall–Kier alpha value is -1.40. The lowest BCUT2D eigenvalue weighted by atomic mass is 10.3. The Morgan fingerprint density at radius 3 is 2.87 bits per heavy atom. The summed E-state index contributed by atoms with van der Waals surface area (Å²) in [5.41, 5.74) is 5.57. The third-order valence-electron chi connectivity index (χ3n) is 2.52. The van der Waals surface area contributed by atoms with Gasteiger partial charge in [-0.05, 0) is 6.42 Å². The SMILES string of the molecule is N[C@H]1CCN(Cc2cc(=O)[nH]c(=O)[nH]2)C1. The summed E-state index contributed by atoms with van der Waals surface area (Å²) in [6, 6.07) is 1.62. The van der Waals surface area contributed by atoms with Crippen LogP contribution in [0.4, 0.5) is 0 Å². The molecule has 0 spiro atoms. The number of rotatable bonds is 2. The molecular formula is C9H14N4O2. The van der Waals surface area contributed by atoms with E-state index >= 15 is 0 Å². The third kappa shape index (κ3) is 2.54. The zero-order chi connectivity index (χ0) is 10.8. The van der Waals surface area contributed by atoms with Gasteiger partial charge in [-0.15, -0.1) is 0 Å². The van der Waals surface area contributed by atoms with Crippen LogP contribution in [-0.2, 0) is 6.54 Å². The standard InChI is InChI=1S/C9H14N4O2/c10-6-1-2-13(4-6)5-7-3-8(14)12-9(15)11-7/h3,6H,1-2,4-5,10H2,(H2,11,12,14,15)/t6-/m0/s1. The number of hydrogen-bond donors (Lipinski definition) is 3. The fourth-order valence-electron chi connectivity index (χ4n) is 1.85. The van der Waals surface area contributed by atoms with Crippen LogP contribution in [0.1, 0.15) is 12.1 Å². The van der Waals surface area contributed by atoms with Gasteiger partial charge in [0.2, 0.25) is 0 Å². The second kappa shape index (κ2) is 4.00. The smallest absolute Gasteiger partial charge is 0.325 e. The molecule has 6 nitrogen and oxygen atoms in total. The second-order valence-electron chi connectivity index (χ2n) is 3.90. The van der Waals surface area contributed by atoms with E-state index in [4.69, 9.17) is 5.73 Å². The van der Waals surface area contributed by atoms with Gasteiger partial charge in [-0.1, -0.05) is 0 Å². The van der Waals surface area contributed by atoms with Gasteiger partial charge in [0.1, 0.15) is 0 Å². The van der Waals surface area contributed by atoms with Gasteiger partial charge >= 0.3 is 5.69 Å². The van der Waals surface area contributed by atoms with Crippen molar-refractivity contribution >= 4 is 0 Å². The predicted molar refractivity (Wildman–Crippen MR) is 55.6 cm³/mol. The lowest BCUT2D eigenvalue weighted by Crippen LogP contribution is -2.29. The van der Waals surface area contributed by atoms with Crippen molar-refractivity contribution < 1.29 is 0 Å². The average Bonchev–Trinajstić information content (AvgIpc) is 2.49. The molecular weight excluding hydrogens is 196 g/mol. The molecule has 1 atom stereocenters. The summed E-state index contributed by atoms with van der Waals surface area (Å²) in [7, 11) is 0. The summed E-state index contributed by atoms with van der Waals surface area (Å²) in [5, 5.41) is 0. The summed E-state index contributed by atoms with van der Waals surface area (Å²) < 4.78 is 0. The summed E-state index contributed by atoms with van der Waals surface area (Å²) in [6.07, 6.45) is 0.966. The van der Waals surface area contributed by atoms with Crippen LogP contribution < -0.4 is 17.0 Å². The first-order valence-corrected chi connectivity index (χ1v) is 4.94. The number of aromatic amines is 2. The number of nitrogens with two attached hydrogens (primary N) is 1. The number of hydrogen-bond acceptors (Lipinski definition) is 4. The maximum Gasteiger partial charge on any atom is 0.325 e. The van der Waals surface area contributed by atoms with Crippen LogP contribution in [0.25, 0.3) is 0 Å². The van der Waals surface area contributed by atoms with Crippen LogP contribution in [0.5, 0.6) is 0 Å². The fourth-order valence-corrected chi connectivity index (χ4v) is 1.85. The van der Waals surface area contributed by atoms with Gasteiger partial charge in [0, 0.05) is 37.4 Å². The molecule has 1 aromatic rings. The van der Waals surface area contributed by atoms with Crippen molar-refractivity contribution in [1.82, 2.24) is 14.9 Å². The topological polar surface area (TPSA) is 95.0 Å². The van der Waals surface area contributed by atoms with Gasteiger partial charge < -0.3 is 10.7 Å². The van der Waals surface area contributed by atoms with Crippen LogP contribution in [0, 0.1) is 0 Å². The summed E-state index contributed by atoms with van der Waals surface area (Å²) in [4.78, 5) is 28.9. The van der Waals surface area contributed by atoms with Crippen LogP contribution in [0.2, 0.25) is 0 Å². The number of nitrogens with one attached hydrogen (secondary N) is 2. The second-order valence-corrected chi connectivity index (χ2v) is 3.90. The maximum absolute atomic E-state index is 11.0. The van der Waals surface area contributed by atoms with Crippen molar-refractivity contribution in [3.05, 3.63) is 32.6 Å². The van der Waals surface area contributed by atoms with Gasteiger partial charge in [0.25, 0.3) is 5.56 Å². The van der Waals surface area contributed by atoms with Gasteiger partial charge in [0.15, 0.2) is 0 Å². The Bertz CT molecular complexity index is 422. The number of aromatic nitrogens is 2. The van der Waals surface area contributed by atoms with Crippen LogP contribution in [0.15, 0.2) is 15.7 Å². The highest BCUT2D eigenvalue weighted by Gasteiger charge is 2.19. The van der Waals surface area contributed by atoms with Crippen molar-refractivity contribution in [2.24, 2.45) is 5.73 Å². The molecule has 1 aromatic heterocycles. The molecule has 0 saturated carbocycles. The van der Waals surface area contributed by atoms with E-state index < -0.39 is 5.69 Å². The molecule has 1 fully saturated rings. The average molecular weight is 210 g/mol. The molecule has 2 rings (SSSR count). The molecule has 0 amide bonds. The van der Waals surface area contributed by atoms with Gasteiger partial charge in [-0.25, -0.2) is 4.79 Å². The zero-order valence-corrected chi connectivity index (χ0v) is 8.32. The molecule has 1 aliphatic rings. The van der Waals surface area contributed by atoms with Gasteiger partial charge in [-0.2, -0.15) is 0 Å². The van der Waals surface area contributed by atoms with E-state index in [0.717, 1.165) is 19.5 Å². The first kappa shape index (κ1) is 10.1. The fraction of sp³-hybridized carbons (Fsp3) is 0.556. The van der Waals surface area contributed by atoms with Crippen molar-refractivity contribution in [2.45, 2.75) is 19.0 Å². The molecule has 0 bridgehead atoms. The molecule has 0 radical (unpaired) electrons. The van der Waals surface area contributed by atoms with Gasteiger partial charge in [-0.3, -0.25) is 14.7 Å². The summed E-state index contributed by atoms with van der Waals surface area (Å²) >= 11 is 0. The molecule has 0 unspecified atom stereocenters. The van der Waals surface area contributed by atoms with E-state index in [0.29, 0.717) is 12.2 Å². The van der Waals surface area contributed by atoms with E-state index in [9.17, 15) is 9.59 Å². The molecule has 4 N–H and O–H groups in total. The lowest BCUT2D eigenvalue weighted by Gasteiger charge is -2.14. The van der Waals surface area contributed by atoms with Crippen molar-refractivity contribution in [3.63, 3.8) is 0 Å². The van der Waals surface area contributed by atoms with Crippen LogP contribution in [-0.4, -0.2) is 34.0 Å². The molecule has 15 heavy (non-hydrogen) atoms. The van der Waals surface area contributed by atoms with E-state index in [1.807, 2.05) is 0 Å². The van der Waals surface area contributed by atoms with E-state index in [2.05, 4.69) is 14.9 Å². The van der Waals surface area contributed by atoms with Crippen molar-refractivity contribution in [2.75, 3.05) is 13.1 Å². The number of nitrogens with zero attached hydrogens (tertiary/aromatic N) is 1. The first-order valence-electron chi connectivity index (χ1n) is 4.94. The van der Waals surface area contributed by atoms with E-state index in [-0.39, 0.29) is 11.6 Å². The van der Waals surface area contributed by atoms with Gasteiger partial charge in [0.05, 0.1) is 0 Å². The lowest BCUT2D eigenvalue weighted by molar-refractivity contribution is 0.322. The highest BCUT2D eigenvalue weighted by Crippen LogP contribution is 2.09. The number of likely N-dealkylation sites (tertiary alicyclic amines) is 1. The highest BCUT2D eigenvalue weighted by atomic mass is 16.2. The summed E-state index contributed by atoms with van der Waals surface area (Å²) in [6.45, 7) is 2.30. The first-order chi connectivity index (χ1) is 7.13. The van der Waals surface area contributed by atoms with Crippen molar-refractivity contribution in [3.8, 4) is 0 Å². The number of H-pyrrole nitrogens is 2. The molecule has 6 heteroatoms. The molecule has 0 aliphatic carbocycles. The molecule has 2 heterocycles. The van der Waals surface area contributed by atoms with Crippen LogP contribution >= 0.6 is 0 Å². The van der Waals surface area contributed by atoms with Crippen molar-refractivity contribution in [1.29, 1.82) is 0 Å². The zero-order valence-electron chi connectivity index (χ0n) is 8.32. The Kier molecular flexibility index (Phi) is 2.70. The minimum atomic E-state index is -0.457. The minimum Gasteiger partial charge on any atom is -0.326 e. The molecule has 82 valence electrons. The van der Waals surface area contributed by atoms with E-state index in [1.54, 1.807) is 0 Å². The Morgan fingerprint density at radius 2 is 2.27 bits per heavy atom. The normalized spacial score (nSPS) is 22.1. The quantitative estimate of drug-likeness (QED) is 0.559. The van der Waals surface area contributed by atoms with E-state index in [1.165, 1.54) is 6.07 Å². The largest absolute Gasteiger partial charge is 0.326 e. The predicted octanol–water partition coefficient (Wildman–Crippen LogP) is -1.40. The molecule has 1 aliphatic heterocycles. The van der Waals surface area contributed by atoms with Crippen LogP contribution in [0.3, 0.4) is 0 Å². The molecule has 1 saturated heterocycles. The Labute approximate surface area is 86.1 Å². The molecule has 0 aromatic carbocycles. The Morgan fingerprint density at radius 1 is 1.47 bits per heavy atom.